The van der Waals surface area contributed by atoms with Crippen LogP contribution in [0.2, 0.25) is 0 Å². The lowest BCUT2D eigenvalue weighted by atomic mass is 10.1. The van der Waals surface area contributed by atoms with Gasteiger partial charge in [0.15, 0.2) is 0 Å². The molecule has 1 unspecified atom stereocenters. The number of thiazole rings is 1. The topological polar surface area (TPSA) is 24.9 Å². The molecule has 0 amide bonds. The van der Waals surface area contributed by atoms with Crippen molar-refractivity contribution < 1.29 is 0 Å². The highest BCUT2D eigenvalue weighted by Crippen LogP contribution is 2.17. The Morgan fingerprint density at radius 1 is 1.50 bits per heavy atom. The lowest BCUT2D eigenvalue weighted by Gasteiger charge is -2.10. The third kappa shape index (κ3) is 3.14. The number of aryl methyl sites for hydroxylation is 1. The molecule has 0 aliphatic carbocycles. The minimum Gasteiger partial charge on any atom is -0.311 e. The molecule has 2 aromatic heterocycles. The molecular weight excluding hydrogens is 236 g/mol. The number of aromatic nitrogens is 1. The number of rotatable bonds is 5. The van der Waals surface area contributed by atoms with E-state index in [9.17, 15) is 0 Å². The second-order valence-electron chi connectivity index (χ2n) is 3.93. The van der Waals surface area contributed by atoms with Crippen LogP contribution in [0, 0.1) is 6.92 Å². The van der Waals surface area contributed by atoms with Crippen molar-refractivity contribution in [3.05, 3.63) is 38.5 Å². The Kier molecular flexibility index (Phi) is 4.09. The normalized spacial score (nSPS) is 12.9. The minimum absolute atomic E-state index is 0.584. The van der Waals surface area contributed by atoms with Crippen molar-refractivity contribution in [2.45, 2.75) is 26.3 Å². The van der Waals surface area contributed by atoms with Crippen molar-refractivity contribution >= 4 is 22.7 Å². The molecule has 4 heteroatoms. The lowest BCUT2D eigenvalue weighted by molar-refractivity contribution is 0.620. The first-order valence-electron chi connectivity index (χ1n) is 5.40. The summed E-state index contributed by atoms with van der Waals surface area (Å²) >= 11 is 3.53. The summed E-state index contributed by atoms with van der Waals surface area (Å²) in [6.45, 7) is 6.25. The van der Waals surface area contributed by atoms with Gasteiger partial charge < -0.3 is 5.32 Å². The molecule has 2 nitrogen and oxygen atoms in total. The van der Waals surface area contributed by atoms with Gasteiger partial charge in [0.2, 0.25) is 0 Å². The molecule has 0 aliphatic heterocycles. The predicted molar refractivity (Wildman–Crippen MR) is 71.3 cm³/mol. The highest BCUT2D eigenvalue weighted by Gasteiger charge is 2.05. The van der Waals surface area contributed by atoms with E-state index in [1.807, 2.05) is 13.1 Å². The maximum atomic E-state index is 4.24. The zero-order valence-electron chi connectivity index (χ0n) is 9.56. The largest absolute Gasteiger partial charge is 0.311 e. The van der Waals surface area contributed by atoms with E-state index in [0.717, 1.165) is 18.1 Å². The number of hydrogen-bond donors (Lipinski definition) is 1. The molecular formula is C12H16N2S2. The monoisotopic (exact) mass is 252 g/mol. The smallest absolute Gasteiger partial charge is 0.0897 e. The van der Waals surface area contributed by atoms with Gasteiger partial charge in [-0.3, -0.25) is 0 Å². The Hall–Kier alpha value is -0.710. The molecule has 0 aliphatic rings. The zero-order valence-corrected chi connectivity index (χ0v) is 11.2. The fourth-order valence-electron chi connectivity index (χ4n) is 1.57. The van der Waals surface area contributed by atoms with Gasteiger partial charge in [-0.25, -0.2) is 4.98 Å². The Balaban J connectivity index is 1.76. The number of thiophene rings is 1. The molecule has 2 rings (SSSR count). The van der Waals surface area contributed by atoms with Gasteiger partial charge in [-0.2, -0.15) is 11.3 Å². The number of hydrogen-bond acceptors (Lipinski definition) is 4. The summed E-state index contributed by atoms with van der Waals surface area (Å²) in [5.41, 5.74) is 1.43. The van der Waals surface area contributed by atoms with E-state index < -0.39 is 0 Å². The summed E-state index contributed by atoms with van der Waals surface area (Å²) in [6, 6.07) is 2.20. The van der Waals surface area contributed by atoms with E-state index >= 15 is 0 Å². The highest BCUT2D eigenvalue weighted by molar-refractivity contribution is 7.11. The average Bonchev–Trinajstić information content (AvgIpc) is 2.89. The van der Waals surface area contributed by atoms with Crippen LogP contribution in [0.25, 0.3) is 0 Å². The molecule has 2 aromatic rings. The minimum atomic E-state index is 0.584. The number of nitrogens with zero attached hydrogens (tertiary/aromatic N) is 1. The van der Waals surface area contributed by atoms with E-state index in [-0.39, 0.29) is 0 Å². The van der Waals surface area contributed by atoms with Gasteiger partial charge >= 0.3 is 0 Å². The summed E-state index contributed by atoms with van der Waals surface area (Å²) in [6.07, 6.45) is 1.96. The second-order valence-corrected chi connectivity index (χ2v) is 6.03. The molecule has 1 N–H and O–H groups in total. The van der Waals surface area contributed by atoms with Crippen LogP contribution in [0.1, 0.15) is 28.3 Å². The zero-order chi connectivity index (χ0) is 11.4. The van der Waals surface area contributed by atoms with Gasteiger partial charge in [0.25, 0.3) is 0 Å². The molecule has 2 heterocycles. The Labute approximate surface area is 104 Å². The maximum Gasteiger partial charge on any atom is 0.0897 e. The summed E-state index contributed by atoms with van der Waals surface area (Å²) in [4.78, 5) is 5.56. The van der Waals surface area contributed by atoms with Gasteiger partial charge in [0, 0.05) is 24.2 Å². The van der Waals surface area contributed by atoms with E-state index in [1.165, 1.54) is 10.4 Å². The molecule has 16 heavy (non-hydrogen) atoms. The average molecular weight is 252 g/mol. The van der Waals surface area contributed by atoms with Gasteiger partial charge in [-0.1, -0.05) is 6.92 Å². The summed E-state index contributed by atoms with van der Waals surface area (Å²) in [5, 5.41) is 8.98. The highest BCUT2D eigenvalue weighted by atomic mass is 32.1. The molecule has 0 radical (unpaired) electrons. The Morgan fingerprint density at radius 3 is 3.00 bits per heavy atom. The van der Waals surface area contributed by atoms with Crippen LogP contribution in [0.15, 0.2) is 23.0 Å². The molecule has 1 atom stereocenters. The predicted octanol–water partition coefficient (Wildman–Crippen LogP) is 3.41. The van der Waals surface area contributed by atoms with Gasteiger partial charge in [0.1, 0.15) is 0 Å². The van der Waals surface area contributed by atoms with E-state index in [2.05, 4.69) is 34.1 Å². The van der Waals surface area contributed by atoms with Crippen LogP contribution in [0.5, 0.6) is 0 Å². The third-order valence-corrected chi connectivity index (χ3v) is 4.15. The van der Waals surface area contributed by atoms with Crippen molar-refractivity contribution in [3.8, 4) is 0 Å². The molecule has 0 spiro atoms. The summed E-state index contributed by atoms with van der Waals surface area (Å²) < 4.78 is 0. The maximum absolute atomic E-state index is 4.24. The third-order valence-electron chi connectivity index (χ3n) is 2.53. The van der Waals surface area contributed by atoms with Crippen LogP contribution in [-0.2, 0) is 6.54 Å². The van der Waals surface area contributed by atoms with E-state index in [1.54, 1.807) is 22.7 Å². The first kappa shape index (κ1) is 11.8. The summed E-state index contributed by atoms with van der Waals surface area (Å²) in [5.74, 6) is 0.584. The Bertz CT molecular complexity index is 420. The SMILES string of the molecule is Cc1ncc(CNCC(C)c2ccsc2)s1. The molecule has 0 aromatic carbocycles. The van der Waals surface area contributed by atoms with E-state index in [4.69, 9.17) is 0 Å². The number of nitrogens with one attached hydrogen (secondary N) is 1. The van der Waals surface area contributed by atoms with Crippen LogP contribution in [-0.4, -0.2) is 11.5 Å². The van der Waals surface area contributed by atoms with Gasteiger partial charge in [-0.15, -0.1) is 11.3 Å². The van der Waals surface area contributed by atoms with Crippen molar-refractivity contribution in [2.24, 2.45) is 0 Å². The van der Waals surface area contributed by atoms with Crippen molar-refractivity contribution in [1.82, 2.24) is 10.3 Å². The molecule has 0 fully saturated rings. The van der Waals surface area contributed by atoms with Gasteiger partial charge in [0.05, 0.1) is 5.01 Å². The first-order valence-corrected chi connectivity index (χ1v) is 7.16. The second kappa shape index (κ2) is 5.57. The van der Waals surface area contributed by atoms with Crippen LogP contribution >= 0.6 is 22.7 Å². The molecule has 86 valence electrons. The molecule has 0 bridgehead atoms. The van der Waals surface area contributed by atoms with Crippen molar-refractivity contribution in [2.75, 3.05) is 6.54 Å². The molecule has 0 saturated heterocycles. The van der Waals surface area contributed by atoms with Crippen molar-refractivity contribution in [3.63, 3.8) is 0 Å². The first-order chi connectivity index (χ1) is 7.75. The fourth-order valence-corrected chi connectivity index (χ4v) is 3.12. The van der Waals surface area contributed by atoms with Crippen molar-refractivity contribution in [1.29, 1.82) is 0 Å². The van der Waals surface area contributed by atoms with Crippen LogP contribution < -0.4 is 5.32 Å². The van der Waals surface area contributed by atoms with Crippen LogP contribution in [0.4, 0.5) is 0 Å². The standard InChI is InChI=1S/C12H16N2S2/c1-9(11-3-4-15-8-11)5-13-6-12-7-14-10(2)16-12/h3-4,7-9,13H,5-6H2,1-2H3. The van der Waals surface area contributed by atoms with Gasteiger partial charge in [-0.05, 0) is 35.2 Å². The Morgan fingerprint density at radius 2 is 2.38 bits per heavy atom. The molecule has 0 saturated carbocycles. The summed E-state index contributed by atoms with van der Waals surface area (Å²) in [7, 11) is 0. The van der Waals surface area contributed by atoms with E-state index in [0.29, 0.717) is 5.92 Å². The lowest BCUT2D eigenvalue weighted by Crippen LogP contribution is -2.18. The fraction of sp³-hybridized carbons (Fsp3) is 0.417. The van der Waals surface area contributed by atoms with Crippen LogP contribution in [0.3, 0.4) is 0 Å². The quantitative estimate of drug-likeness (QED) is 0.882.